The Morgan fingerprint density at radius 1 is 0.652 bits per heavy atom. The Balaban J connectivity index is -0.0000000109. The number of hydrogen-bond donors (Lipinski definition) is 4. The van der Waals surface area contributed by atoms with E-state index >= 15 is 0 Å². The molecule has 0 bridgehead atoms. The summed E-state index contributed by atoms with van der Waals surface area (Å²) in [6.07, 6.45) is -2.29. The van der Waals surface area contributed by atoms with Gasteiger partial charge in [0.1, 0.15) is 0 Å². The number of carbonyl (C=O) groups is 3. The Labute approximate surface area is 147 Å². The maximum absolute atomic E-state index is 10.3. The van der Waals surface area contributed by atoms with Gasteiger partial charge in [-0.2, -0.15) is 0 Å². The second kappa shape index (κ2) is 32.6. The van der Waals surface area contributed by atoms with Gasteiger partial charge in [-0.25, -0.2) is 4.79 Å². The van der Waals surface area contributed by atoms with E-state index in [1.807, 2.05) is 0 Å². The van der Waals surface area contributed by atoms with Crippen LogP contribution in [0.5, 0.6) is 0 Å². The van der Waals surface area contributed by atoms with Gasteiger partial charge >= 0.3 is 41.0 Å². The van der Waals surface area contributed by atoms with Crippen molar-refractivity contribution < 1.29 is 86.9 Å². The minimum atomic E-state index is -2.74. The van der Waals surface area contributed by atoms with Crippen molar-refractivity contribution in [3.05, 3.63) is 0 Å². The molecule has 17 heteroatoms. The first-order chi connectivity index (χ1) is 5.78. The van der Waals surface area contributed by atoms with Crippen molar-refractivity contribution in [1.82, 2.24) is 0 Å². The molecule has 0 aliphatic carbocycles. The van der Waals surface area contributed by atoms with Crippen molar-refractivity contribution >= 4 is 41.0 Å². The van der Waals surface area contributed by atoms with Crippen LogP contribution in [-0.4, -0.2) is 116 Å². The SMILES string of the molecule is O.O.O.O.O.O.O.O.O.O=C(O)CC(O)(CC(=O)O)C(=O)O.[H-].[H-].[Mg+2]. The minimum Gasteiger partial charge on any atom is -1.00 e. The zero-order valence-electron chi connectivity index (χ0n) is 13.6. The smallest absolute Gasteiger partial charge is 1.00 e. The predicted molar refractivity (Wildman–Crippen MR) is 77.6 cm³/mol. The number of aliphatic hydroxyl groups is 1. The van der Waals surface area contributed by atoms with E-state index in [4.69, 9.17) is 20.4 Å². The van der Waals surface area contributed by atoms with Gasteiger partial charge in [-0.05, 0) is 0 Å². The Bertz CT molecular complexity index is 249. The van der Waals surface area contributed by atoms with Crippen molar-refractivity contribution in [3.63, 3.8) is 0 Å². The molecule has 0 saturated carbocycles. The fourth-order valence-corrected chi connectivity index (χ4v) is 0.714. The van der Waals surface area contributed by atoms with E-state index in [0.29, 0.717) is 0 Å². The van der Waals surface area contributed by atoms with E-state index in [1.54, 1.807) is 0 Å². The van der Waals surface area contributed by atoms with Crippen molar-refractivity contribution in [2.45, 2.75) is 18.4 Å². The fraction of sp³-hybridized carbons (Fsp3) is 0.500. The van der Waals surface area contributed by atoms with Crippen LogP contribution in [0.1, 0.15) is 15.7 Å². The van der Waals surface area contributed by atoms with Crippen LogP contribution < -0.4 is 0 Å². The molecule has 0 aromatic heterocycles. The summed E-state index contributed by atoms with van der Waals surface area (Å²) >= 11 is 0. The zero-order valence-corrected chi connectivity index (χ0v) is 13.0. The van der Waals surface area contributed by atoms with Crippen LogP contribution in [0.15, 0.2) is 0 Å². The predicted octanol–water partition coefficient (Wildman–Crippen LogP) is -8.83. The largest absolute Gasteiger partial charge is 2.00 e. The van der Waals surface area contributed by atoms with Crippen LogP contribution in [0.4, 0.5) is 0 Å². The summed E-state index contributed by atoms with van der Waals surface area (Å²) in [5.41, 5.74) is -2.74. The molecule has 0 rings (SSSR count). The number of carboxylic acids is 3. The van der Waals surface area contributed by atoms with Crippen LogP contribution in [0, 0.1) is 0 Å². The van der Waals surface area contributed by atoms with Crippen molar-refractivity contribution in [2.75, 3.05) is 0 Å². The fourth-order valence-electron chi connectivity index (χ4n) is 0.714. The Kier molecular flexibility index (Phi) is 115. The van der Waals surface area contributed by atoms with Gasteiger partial charge in [0.25, 0.3) is 0 Å². The second-order valence-corrected chi connectivity index (χ2v) is 2.48. The van der Waals surface area contributed by atoms with Crippen molar-refractivity contribution in [3.8, 4) is 0 Å². The van der Waals surface area contributed by atoms with Crippen LogP contribution >= 0.6 is 0 Å². The summed E-state index contributed by atoms with van der Waals surface area (Å²) in [6.45, 7) is 0. The molecule has 22 N–H and O–H groups in total. The molecule has 0 spiro atoms. The third-order valence-corrected chi connectivity index (χ3v) is 1.29. The van der Waals surface area contributed by atoms with Crippen molar-refractivity contribution in [1.29, 1.82) is 0 Å². The average molecular weight is 381 g/mol. The molecule has 0 aliphatic heterocycles. The molecule has 23 heavy (non-hydrogen) atoms. The third-order valence-electron chi connectivity index (χ3n) is 1.29. The van der Waals surface area contributed by atoms with Gasteiger partial charge in [0.05, 0.1) is 12.8 Å². The van der Waals surface area contributed by atoms with Gasteiger partial charge in [0.2, 0.25) is 0 Å². The summed E-state index contributed by atoms with van der Waals surface area (Å²) in [7, 11) is 0. The molecule has 0 fully saturated rings. The quantitative estimate of drug-likeness (QED) is 0.333. The van der Waals surface area contributed by atoms with E-state index in [9.17, 15) is 14.4 Å². The van der Waals surface area contributed by atoms with E-state index in [-0.39, 0.29) is 75.2 Å². The Morgan fingerprint density at radius 3 is 0.913 bits per heavy atom. The van der Waals surface area contributed by atoms with Crippen LogP contribution in [0.2, 0.25) is 0 Å². The first-order valence-corrected chi connectivity index (χ1v) is 3.17. The second-order valence-electron chi connectivity index (χ2n) is 2.48. The monoisotopic (exact) mass is 380 g/mol. The number of hydrogen-bond acceptors (Lipinski definition) is 4. The number of aliphatic carboxylic acids is 3. The average Bonchev–Trinajstić information content (AvgIpc) is 1.82. The van der Waals surface area contributed by atoms with Gasteiger partial charge in [0, 0.05) is 0 Å². The van der Waals surface area contributed by atoms with E-state index in [2.05, 4.69) is 0 Å². The van der Waals surface area contributed by atoms with Crippen LogP contribution in [-0.2, 0) is 14.4 Å². The number of rotatable bonds is 5. The molecular formula is C6H28MgO16. The summed E-state index contributed by atoms with van der Waals surface area (Å²) < 4.78 is 0. The molecule has 0 radical (unpaired) electrons. The molecule has 0 amide bonds. The minimum absolute atomic E-state index is 0. The van der Waals surface area contributed by atoms with E-state index in [0.717, 1.165) is 0 Å². The third kappa shape index (κ3) is 33.5. The Morgan fingerprint density at radius 2 is 0.826 bits per heavy atom. The molecule has 16 nitrogen and oxygen atoms in total. The first kappa shape index (κ1) is 80.9. The van der Waals surface area contributed by atoms with Gasteiger partial charge in [-0.1, -0.05) is 0 Å². The zero-order chi connectivity index (χ0) is 10.6. The molecule has 150 valence electrons. The maximum Gasteiger partial charge on any atom is 2.00 e. The van der Waals surface area contributed by atoms with E-state index < -0.39 is 36.4 Å². The maximum atomic E-state index is 10.3. The summed E-state index contributed by atoms with van der Waals surface area (Å²) in [6, 6.07) is 0. The molecule has 0 unspecified atom stereocenters. The molecule has 0 aromatic carbocycles. The molecule has 0 aliphatic rings. The summed E-state index contributed by atoms with van der Waals surface area (Å²) in [5, 5.41) is 33.8. The standard InChI is InChI=1S/C6H8O7.Mg.9H2O.2H/c7-3(8)1-6(13,5(11)12)2-4(9)10;;;;;;;;;;;;/h13H,1-2H2,(H,7,8)(H,9,10)(H,11,12);;9*1H2;;/q;+2;;;;;;;;;;2*-1. The van der Waals surface area contributed by atoms with Crippen LogP contribution in [0.3, 0.4) is 0 Å². The molecular weight excluding hydrogens is 352 g/mol. The normalized spacial score (nSPS) is 6.13. The summed E-state index contributed by atoms with van der Waals surface area (Å²) in [5.74, 6) is -5.02. The topological polar surface area (TPSA) is 416 Å². The van der Waals surface area contributed by atoms with Gasteiger partial charge in [0.15, 0.2) is 5.60 Å². The Hall–Kier alpha value is -1.22. The molecule has 0 atom stereocenters. The molecule has 0 aromatic rings. The molecule has 0 heterocycles. The van der Waals surface area contributed by atoms with Gasteiger partial charge in [-0.15, -0.1) is 0 Å². The van der Waals surface area contributed by atoms with E-state index in [1.165, 1.54) is 0 Å². The first-order valence-electron chi connectivity index (χ1n) is 3.17. The number of carboxylic acid groups (broad SMARTS) is 3. The molecule has 0 saturated heterocycles. The van der Waals surface area contributed by atoms with Crippen LogP contribution in [0.25, 0.3) is 0 Å². The van der Waals surface area contributed by atoms with Gasteiger partial charge in [-0.3, -0.25) is 9.59 Å². The van der Waals surface area contributed by atoms with Crippen molar-refractivity contribution in [2.24, 2.45) is 0 Å². The van der Waals surface area contributed by atoms with Gasteiger partial charge < -0.3 is 72.6 Å². The summed E-state index contributed by atoms with van der Waals surface area (Å²) in [4.78, 5) is 30.5.